The van der Waals surface area contributed by atoms with Gasteiger partial charge in [-0.05, 0) is 12.8 Å². The Kier molecular flexibility index (Phi) is 39.0. The summed E-state index contributed by atoms with van der Waals surface area (Å²) in [6.45, 7) is 6.43. The monoisotopic (exact) mass is 966 g/mol. The maximum absolute atomic E-state index is 13.0. The third-order valence-corrected chi connectivity index (χ3v) is 12.8. The molecule has 0 aromatic rings. The van der Waals surface area contributed by atoms with Gasteiger partial charge >= 0.3 is 25.7 Å². The topological polar surface area (TPSA) is 228 Å². The molecule has 2 unspecified atom stereocenters. The van der Waals surface area contributed by atoms with Gasteiger partial charge in [0.1, 0.15) is 6.10 Å². The molecule has 2 atom stereocenters. The Bertz CT molecular complexity index is 1260. The number of unbranched alkanes of at least 4 members (excludes halogenated alkanes) is 20. The zero-order valence-electron chi connectivity index (χ0n) is 41.1. The lowest BCUT2D eigenvalue weighted by atomic mass is 10.1. The molecule has 5 N–H and O–H groups in total. The Balaban J connectivity index is 2.61. The van der Waals surface area contributed by atoms with Crippen LogP contribution in [-0.2, 0) is 42.3 Å². The van der Waals surface area contributed by atoms with E-state index in [2.05, 4.69) is 19.2 Å². The predicted molar refractivity (Wildman–Crippen MR) is 257 cm³/mol. The summed E-state index contributed by atoms with van der Waals surface area (Å²) in [4.78, 5) is 64.9. The molecule has 1 amide bonds. The van der Waals surface area contributed by atoms with Crippen LogP contribution in [-0.4, -0.2) is 188 Å². The maximum Gasteiger partial charge on any atom is 0.472 e. The highest BCUT2D eigenvalue weighted by molar-refractivity contribution is 7.47. The summed E-state index contributed by atoms with van der Waals surface area (Å²) < 4.78 is 35.4. The van der Waals surface area contributed by atoms with Crippen LogP contribution in [0.3, 0.4) is 0 Å². The van der Waals surface area contributed by atoms with Gasteiger partial charge in [0.05, 0.1) is 46.0 Å². The van der Waals surface area contributed by atoms with Crippen molar-refractivity contribution in [2.45, 2.75) is 161 Å². The van der Waals surface area contributed by atoms with Crippen molar-refractivity contribution in [1.82, 2.24) is 24.9 Å². The van der Waals surface area contributed by atoms with Gasteiger partial charge in [-0.15, -0.1) is 0 Å². The van der Waals surface area contributed by atoms with Crippen LogP contribution in [0.15, 0.2) is 0 Å². The van der Waals surface area contributed by atoms with Crippen molar-refractivity contribution in [3.05, 3.63) is 0 Å². The first-order valence-electron chi connectivity index (χ1n) is 25.5. The smallest absolute Gasteiger partial charge is 0.472 e. The number of hydrogen-bond acceptors (Lipinski definition) is 13. The highest BCUT2D eigenvalue weighted by Crippen LogP contribution is 2.43. The molecule has 388 valence electrons. The summed E-state index contributed by atoms with van der Waals surface area (Å²) in [6, 6.07) is 0. The molecule has 0 radical (unpaired) electrons. The number of ether oxygens (including phenoxy) is 2. The number of rotatable bonds is 42. The largest absolute Gasteiger partial charge is 0.480 e. The molecule has 0 bridgehead atoms. The van der Waals surface area contributed by atoms with Gasteiger partial charge in [0, 0.05) is 72.1 Å². The first kappa shape index (κ1) is 61.8. The van der Waals surface area contributed by atoms with Crippen molar-refractivity contribution < 1.29 is 62.5 Å². The molecule has 1 rings (SSSR count). The van der Waals surface area contributed by atoms with E-state index in [-0.39, 0.29) is 105 Å². The normalized spacial score (nSPS) is 16.6. The fourth-order valence-corrected chi connectivity index (χ4v) is 8.60. The molecule has 0 aromatic heterocycles. The number of nitrogens with one attached hydrogen (secondary N) is 1. The standard InChI is InChI=1S/C47H92N5O13P/c1-3-5-7-9-11-13-15-17-19-21-23-34-62-41-43(63-35-24-22-20-18-16-14-12-10-8-6-4-2)42-65-66(60,61)64-36-25-48-44(53)37-49-26-28-50(38-45(54)55)30-32-52(40-47(58)59)33-31-51(29-27-49)39-46(56)57/h43H,3-42H2,1-2H3,(H,48,53)(H,54,55)(H,56,57)(H,58,59)(H,60,61). The van der Waals surface area contributed by atoms with E-state index in [4.69, 9.17) is 18.5 Å². The van der Waals surface area contributed by atoms with Crippen molar-refractivity contribution in [3.63, 3.8) is 0 Å². The molecule has 1 aliphatic rings. The van der Waals surface area contributed by atoms with Crippen molar-refractivity contribution in [2.75, 3.05) is 118 Å². The zero-order chi connectivity index (χ0) is 48.5. The number of carboxylic acids is 3. The van der Waals surface area contributed by atoms with Crippen molar-refractivity contribution in [2.24, 2.45) is 0 Å². The lowest BCUT2D eigenvalue weighted by molar-refractivity contribution is -0.140. The second kappa shape index (κ2) is 41.7. The van der Waals surface area contributed by atoms with Gasteiger partial charge in [-0.3, -0.25) is 47.8 Å². The van der Waals surface area contributed by atoms with Crippen LogP contribution >= 0.6 is 7.82 Å². The van der Waals surface area contributed by atoms with E-state index >= 15 is 0 Å². The summed E-state index contributed by atoms with van der Waals surface area (Å²) >= 11 is 0. The number of hydrogen-bond donors (Lipinski definition) is 5. The summed E-state index contributed by atoms with van der Waals surface area (Å²) in [5.41, 5.74) is 0. The molecule has 1 aliphatic heterocycles. The minimum atomic E-state index is -4.50. The summed E-state index contributed by atoms with van der Waals surface area (Å²) in [5, 5.41) is 31.0. The van der Waals surface area contributed by atoms with Crippen LogP contribution in [0.4, 0.5) is 0 Å². The van der Waals surface area contributed by atoms with Crippen LogP contribution in [0.2, 0.25) is 0 Å². The quantitative estimate of drug-likeness (QED) is 0.0315. The van der Waals surface area contributed by atoms with Crippen LogP contribution in [0.25, 0.3) is 0 Å². The van der Waals surface area contributed by atoms with Gasteiger partial charge in [0.2, 0.25) is 5.91 Å². The molecule has 1 heterocycles. The van der Waals surface area contributed by atoms with Crippen LogP contribution < -0.4 is 5.32 Å². The number of carbonyl (C=O) groups is 4. The fraction of sp³-hybridized carbons (Fsp3) is 0.915. The van der Waals surface area contributed by atoms with Gasteiger partial charge in [0.25, 0.3) is 0 Å². The Hall–Kier alpha value is -2.25. The molecule has 1 fully saturated rings. The maximum atomic E-state index is 13.0. The van der Waals surface area contributed by atoms with Crippen LogP contribution in [0.1, 0.15) is 155 Å². The molecular formula is C47H92N5O13P. The van der Waals surface area contributed by atoms with Crippen molar-refractivity contribution >= 4 is 31.6 Å². The average molecular weight is 966 g/mol. The van der Waals surface area contributed by atoms with E-state index in [1.54, 1.807) is 19.6 Å². The van der Waals surface area contributed by atoms with E-state index in [1.807, 2.05) is 0 Å². The van der Waals surface area contributed by atoms with Gasteiger partial charge in [-0.1, -0.05) is 142 Å². The van der Waals surface area contributed by atoms with E-state index in [9.17, 15) is 44.0 Å². The Morgan fingerprint density at radius 2 is 0.833 bits per heavy atom. The Morgan fingerprint density at radius 3 is 1.21 bits per heavy atom. The van der Waals surface area contributed by atoms with Crippen molar-refractivity contribution in [1.29, 1.82) is 0 Å². The van der Waals surface area contributed by atoms with Gasteiger partial charge in [-0.2, -0.15) is 0 Å². The first-order valence-corrected chi connectivity index (χ1v) is 27.0. The molecule has 0 spiro atoms. The number of phosphoric acid groups is 1. The highest BCUT2D eigenvalue weighted by atomic mass is 31.2. The minimum Gasteiger partial charge on any atom is -0.480 e. The van der Waals surface area contributed by atoms with E-state index in [0.29, 0.717) is 13.2 Å². The summed E-state index contributed by atoms with van der Waals surface area (Å²) in [7, 11) is -4.50. The number of carboxylic acid groups (broad SMARTS) is 3. The lowest BCUT2D eigenvalue weighted by Crippen LogP contribution is -2.50. The number of phosphoric ester groups is 1. The number of carbonyl (C=O) groups excluding carboxylic acids is 1. The molecule has 66 heavy (non-hydrogen) atoms. The Labute approximate surface area is 397 Å². The van der Waals surface area contributed by atoms with E-state index in [1.165, 1.54) is 109 Å². The van der Waals surface area contributed by atoms with Crippen molar-refractivity contribution in [3.8, 4) is 0 Å². The first-order chi connectivity index (χ1) is 31.8. The molecule has 19 heteroatoms. The molecule has 0 saturated carbocycles. The molecule has 18 nitrogen and oxygen atoms in total. The zero-order valence-corrected chi connectivity index (χ0v) is 42.0. The van der Waals surface area contributed by atoms with Crippen LogP contribution in [0, 0.1) is 0 Å². The second-order valence-corrected chi connectivity index (χ2v) is 19.3. The molecule has 0 aromatic carbocycles. The van der Waals surface area contributed by atoms with E-state index in [0.717, 1.165) is 32.1 Å². The third kappa shape index (κ3) is 38.7. The number of nitrogens with zero attached hydrogens (tertiary/aromatic N) is 4. The third-order valence-electron chi connectivity index (χ3n) is 11.8. The molecule has 1 saturated heterocycles. The predicted octanol–water partition coefficient (Wildman–Crippen LogP) is 6.74. The Morgan fingerprint density at radius 1 is 0.485 bits per heavy atom. The van der Waals surface area contributed by atoms with Gasteiger partial charge in [-0.25, -0.2) is 4.57 Å². The van der Waals surface area contributed by atoms with Gasteiger partial charge < -0.3 is 35.0 Å². The average Bonchev–Trinajstić information content (AvgIpc) is 3.26. The molecular weight excluding hydrogens is 874 g/mol. The number of aliphatic carboxylic acids is 3. The SMILES string of the molecule is CCCCCCCCCCCCCOCC(COP(=O)(O)OCCNC(=O)CN1CCN(CC(=O)O)CCN(CC(=O)O)CCN(CC(=O)O)CC1)OCCCCCCCCCCCCC. The summed E-state index contributed by atoms with van der Waals surface area (Å²) in [6.07, 6.45) is 26.5. The van der Waals surface area contributed by atoms with Crippen LogP contribution in [0.5, 0.6) is 0 Å². The second-order valence-electron chi connectivity index (χ2n) is 17.9. The number of amides is 1. The summed E-state index contributed by atoms with van der Waals surface area (Å²) in [5.74, 6) is -3.53. The molecule has 0 aliphatic carbocycles. The van der Waals surface area contributed by atoms with E-state index < -0.39 is 37.7 Å². The lowest BCUT2D eigenvalue weighted by Gasteiger charge is -2.32. The van der Waals surface area contributed by atoms with Gasteiger partial charge in [0.15, 0.2) is 0 Å². The fourth-order valence-electron chi connectivity index (χ4n) is 7.85. The minimum absolute atomic E-state index is 0.0862. The highest BCUT2D eigenvalue weighted by Gasteiger charge is 2.25.